The smallest absolute Gasteiger partial charge is 0.404 e. The molecule has 0 bridgehead atoms. The van der Waals surface area contributed by atoms with Gasteiger partial charge >= 0.3 is 6.09 Å². The summed E-state index contributed by atoms with van der Waals surface area (Å²) in [6.45, 7) is 3.90. The van der Waals surface area contributed by atoms with Crippen LogP contribution in [-0.2, 0) is 4.74 Å². The van der Waals surface area contributed by atoms with Crippen molar-refractivity contribution in [2.75, 3.05) is 5.73 Å². The molecule has 6 nitrogen and oxygen atoms in total. The van der Waals surface area contributed by atoms with Gasteiger partial charge in [0.2, 0.25) is 0 Å². The van der Waals surface area contributed by atoms with Gasteiger partial charge in [0.1, 0.15) is 0 Å². The molecular formula is C13H19N3O3. The third kappa shape index (κ3) is 3.35. The number of nitrogens with zero attached hydrogens (tertiary/aromatic N) is 1. The Balaban J connectivity index is 2.21. The molecule has 19 heavy (non-hydrogen) atoms. The summed E-state index contributed by atoms with van der Waals surface area (Å²) in [5.41, 5.74) is 6.94. The van der Waals surface area contributed by atoms with E-state index in [0.717, 1.165) is 5.56 Å². The minimum atomic E-state index is -1.01. The van der Waals surface area contributed by atoms with Gasteiger partial charge in [-0.05, 0) is 32.8 Å². The van der Waals surface area contributed by atoms with Gasteiger partial charge in [0.05, 0.1) is 23.6 Å². The molecular weight excluding hydrogens is 246 g/mol. The number of rotatable bonds is 2. The Bertz CT molecular complexity index is 476. The number of nitrogen functional groups attached to an aromatic ring is 1. The molecule has 1 saturated heterocycles. The van der Waals surface area contributed by atoms with Crippen LogP contribution >= 0.6 is 0 Å². The van der Waals surface area contributed by atoms with Crippen LogP contribution in [-0.4, -0.2) is 27.8 Å². The second-order valence-corrected chi connectivity index (χ2v) is 5.46. The SMILES string of the molecule is CC1(C)C[C@@H](NC(=O)O)C[C@H](c2ccncc2N)O1. The van der Waals surface area contributed by atoms with Crippen molar-refractivity contribution in [3.05, 3.63) is 24.0 Å². The number of hydrogen-bond acceptors (Lipinski definition) is 4. The molecule has 0 aliphatic carbocycles. The zero-order valence-electron chi connectivity index (χ0n) is 11.1. The van der Waals surface area contributed by atoms with Gasteiger partial charge in [-0.2, -0.15) is 0 Å². The van der Waals surface area contributed by atoms with Crippen molar-refractivity contribution >= 4 is 11.8 Å². The van der Waals surface area contributed by atoms with Crippen LogP contribution in [0.5, 0.6) is 0 Å². The standard InChI is InChI=1S/C13H19N3O3/c1-13(2)6-8(16-12(17)18)5-11(19-13)9-3-4-15-7-10(9)14/h3-4,7-8,11,16H,5-6,14H2,1-2H3,(H,17,18)/t8-,11+/m0/s1. The van der Waals surface area contributed by atoms with E-state index in [1.807, 2.05) is 19.9 Å². The van der Waals surface area contributed by atoms with Crippen LogP contribution in [0.3, 0.4) is 0 Å². The van der Waals surface area contributed by atoms with Crippen LogP contribution < -0.4 is 11.1 Å². The van der Waals surface area contributed by atoms with E-state index in [-0.39, 0.29) is 12.1 Å². The number of nitrogens with one attached hydrogen (secondary N) is 1. The van der Waals surface area contributed by atoms with Crippen molar-refractivity contribution < 1.29 is 14.6 Å². The van der Waals surface area contributed by atoms with Gasteiger partial charge in [-0.1, -0.05) is 0 Å². The maximum Gasteiger partial charge on any atom is 0.404 e. The van der Waals surface area contributed by atoms with E-state index in [2.05, 4.69) is 10.3 Å². The molecule has 0 saturated carbocycles. The topological polar surface area (TPSA) is 97.5 Å². The summed E-state index contributed by atoms with van der Waals surface area (Å²) in [4.78, 5) is 14.8. The van der Waals surface area contributed by atoms with Crippen LogP contribution in [0, 0.1) is 0 Å². The van der Waals surface area contributed by atoms with Gasteiger partial charge in [-0.25, -0.2) is 4.79 Å². The average Bonchev–Trinajstić information content (AvgIpc) is 2.26. The molecule has 0 radical (unpaired) electrons. The van der Waals surface area contributed by atoms with E-state index in [1.54, 1.807) is 12.4 Å². The lowest BCUT2D eigenvalue weighted by Gasteiger charge is -2.40. The highest BCUT2D eigenvalue weighted by Gasteiger charge is 2.36. The molecule has 1 aromatic heterocycles. The summed E-state index contributed by atoms with van der Waals surface area (Å²) in [5.74, 6) is 0. The Morgan fingerprint density at radius 2 is 2.37 bits per heavy atom. The number of hydrogen-bond donors (Lipinski definition) is 3. The van der Waals surface area contributed by atoms with Crippen molar-refractivity contribution in [1.82, 2.24) is 10.3 Å². The number of nitrogens with two attached hydrogens (primary N) is 1. The van der Waals surface area contributed by atoms with Crippen molar-refractivity contribution in [3.63, 3.8) is 0 Å². The first-order valence-electron chi connectivity index (χ1n) is 6.24. The molecule has 1 aliphatic heterocycles. The van der Waals surface area contributed by atoms with Crippen molar-refractivity contribution in [3.8, 4) is 0 Å². The lowest BCUT2D eigenvalue weighted by molar-refractivity contribution is -0.117. The molecule has 1 aliphatic rings. The number of pyridine rings is 1. The van der Waals surface area contributed by atoms with Gasteiger partial charge in [0.25, 0.3) is 0 Å². The van der Waals surface area contributed by atoms with Gasteiger partial charge in [0.15, 0.2) is 0 Å². The fraction of sp³-hybridized carbons (Fsp3) is 0.538. The number of carbonyl (C=O) groups is 1. The summed E-state index contributed by atoms with van der Waals surface area (Å²) < 4.78 is 6.01. The highest BCUT2D eigenvalue weighted by atomic mass is 16.5. The first kappa shape index (κ1) is 13.6. The van der Waals surface area contributed by atoms with E-state index >= 15 is 0 Å². The summed E-state index contributed by atoms with van der Waals surface area (Å²) >= 11 is 0. The van der Waals surface area contributed by atoms with Crippen LogP contribution in [0.4, 0.5) is 10.5 Å². The van der Waals surface area contributed by atoms with Gasteiger partial charge in [-0.3, -0.25) is 4.98 Å². The van der Waals surface area contributed by atoms with Crippen LogP contribution in [0.25, 0.3) is 0 Å². The maximum atomic E-state index is 10.8. The highest BCUT2D eigenvalue weighted by Crippen LogP contribution is 2.38. The summed E-state index contributed by atoms with van der Waals surface area (Å²) in [7, 11) is 0. The molecule has 0 aromatic carbocycles. The Kier molecular flexibility index (Phi) is 3.61. The summed E-state index contributed by atoms with van der Waals surface area (Å²) in [6.07, 6.45) is 3.23. The number of anilines is 1. The summed E-state index contributed by atoms with van der Waals surface area (Å²) in [6, 6.07) is 1.68. The number of carboxylic acid groups (broad SMARTS) is 1. The predicted octanol–water partition coefficient (Wildman–Crippen LogP) is 1.93. The Labute approximate surface area is 112 Å². The van der Waals surface area contributed by atoms with E-state index in [9.17, 15) is 4.79 Å². The third-order valence-electron chi connectivity index (χ3n) is 3.26. The average molecular weight is 265 g/mol. The molecule has 104 valence electrons. The van der Waals surface area contributed by atoms with Gasteiger partial charge < -0.3 is 20.9 Å². The second-order valence-electron chi connectivity index (χ2n) is 5.46. The second kappa shape index (κ2) is 5.05. The Morgan fingerprint density at radius 1 is 1.63 bits per heavy atom. The predicted molar refractivity (Wildman–Crippen MR) is 70.7 cm³/mol. The van der Waals surface area contributed by atoms with Crippen molar-refractivity contribution in [2.45, 2.75) is 44.4 Å². The van der Waals surface area contributed by atoms with Crippen LogP contribution in [0.15, 0.2) is 18.5 Å². The zero-order valence-corrected chi connectivity index (χ0v) is 11.1. The minimum Gasteiger partial charge on any atom is -0.465 e. The maximum absolute atomic E-state index is 10.8. The van der Waals surface area contributed by atoms with E-state index in [4.69, 9.17) is 15.6 Å². The third-order valence-corrected chi connectivity index (χ3v) is 3.26. The molecule has 0 unspecified atom stereocenters. The van der Waals surface area contributed by atoms with Gasteiger partial charge in [0, 0.05) is 17.8 Å². The molecule has 0 spiro atoms. The molecule has 2 atom stereocenters. The minimum absolute atomic E-state index is 0.140. The molecule has 2 rings (SSSR count). The molecule has 4 N–H and O–H groups in total. The van der Waals surface area contributed by atoms with E-state index in [0.29, 0.717) is 18.5 Å². The molecule has 6 heteroatoms. The van der Waals surface area contributed by atoms with Crippen molar-refractivity contribution in [1.29, 1.82) is 0 Å². The Morgan fingerprint density at radius 3 is 3.00 bits per heavy atom. The Hall–Kier alpha value is -1.82. The fourth-order valence-electron chi connectivity index (χ4n) is 2.60. The molecule has 1 aromatic rings. The van der Waals surface area contributed by atoms with Crippen molar-refractivity contribution in [2.24, 2.45) is 0 Å². The van der Waals surface area contributed by atoms with Crippen LogP contribution in [0.2, 0.25) is 0 Å². The summed E-state index contributed by atoms with van der Waals surface area (Å²) in [5, 5.41) is 11.4. The highest BCUT2D eigenvalue weighted by molar-refractivity contribution is 5.64. The van der Waals surface area contributed by atoms with E-state index in [1.165, 1.54) is 0 Å². The molecule has 2 heterocycles. The first-order chi connectivity index (χ1) is 8.87. The fourth-order valence-corrected chi connectivity index (χ4v) is 2.60. The molecule has 1 fully saturated rings. The normalized spacial score (nSPS) is 25.8. The molecule has 1 amide bonds. The number of aromatic nitrogens is 1. The lowest BCUT2D eigenvalue weighted by atomic mass is 9.88. The van der Waals surface area contributed by atoms with Gasteiger partial charge in [-0.15, -0.1) is 0 Å². The van der Waals surface area contributed by atoms with Crippen LogP contribution in [0.1, 0.15) is 38.4 Å². The van der Waals surface area contributed by atoms with E-state index < -0.39 is 11.7 Å². The largest absolute Gasteiger partial charge is 0.465 e. The number of ether oxygens (including phenoxy) is 1. The quantitative estimate of drug-likeness (QED) is 0.759. The number of amides is 1. The monoisotopic (exact) mass is 265 g/mol. The lowest BCUT2D eigenvalue weighted by Crippen LogP contribution is -2.46. The zero-order chi connectivity index (χ0) is 14.0. The first-order valence-corrected chi connectivity index (χ1v) is 6.24.